The summed E-state index contributed by atoms with van der Waals surface area (Å²) in [6.45, 7) is 27.3. The number of halogens is 2. The lowest BCUT2D eigenvalue weighted by molar-refractivity contribution is -0.0794. The van der Waals surface area contributed by atoms with Crippen LogP contribution in [0.1, 0.15) is 146 Å². The second-order valence-electron chi connectivity index (χ2n) is 11.8. The summed E-state index contributed by atoms with van der Waals surface area (Å²) in [5, 5.41) is 5.74. The molecule has 1 N–H and O–H groups in total. The Morgan fingerprint density at radius 3 is 1.85 bits per heavy atom. The molecule has 0 unspecified atom stereocenters. The quantitative estimate of drug-likeness (QED) is 0.244. The Hall–Kier alpha value is -2.54. The van der Waals surface area contributed by atoms with E-state index in [0.717, 1.165) is 53.8 Å². The Bertz CT molecular complexity index is 1300. The van der Waals surface area contributed by atoms with Gasteiger partial charge in [0, 0.05) is 35.7 Å². The lowest BCUT2D eigenvalue weighted by atomic mass is 9.87. The maximum Gasteiger partial charge on any atom is 0.260 e. The molecule has 0 spiro atoms. The van der Waals surface area contributed by atoms with Gasteiger partial charge in [-0.15, -0.1) is 0 Å². The third-order valence-electron chi connectivity index (χ3n) is 8.34. The van der Waals surface area contributed by atoms with Gasteiger partial charge in [0.1, 0.15) is 11.5 Å². The maximum absolute atomic E-state index is 13.7. The van der Waals surface area contributed by atoms with Crippen molar-refractivity contribution in [2.75, 3.05) is 25.5 Å². The molecule has 2 aliphatic rings. The number of aromatic nitrogens is 2. The van der Waals surface area contributed by atoms with Crippen LogP contribution in [0.5, 0.6) is 0 Å². The topological polar surface area (TPSA) is 50.2 Å². The fourth-order valence-electron chi connectivity index (χ4n) is 6.06. The van der Waals surface area contributed by atoms with Crippen LogP contribution in [0.15, 0.2) is 35.1 Å². The molecule has 2 fully saturated rings. The molecule has 0 amide bonds. The molecule has 0 bridgehead atoms. The minimum absolute atomic E-state index is 0.0113. The Morgan fingerprint density at radius 1 is 0.830 bits per heavy atom. The molecular weight excluding hydrogens is 590 g/mol. The molecule has 2 aromatic heterocycles. The lowest BCUT2D eigenvalue weighted by Crippen LogP contribution is -2.44. The number of alkyl halides is 2. The lowest BCUT2D eigenvalue weighted by Gasteiger charge is -2.35. The molecule has 270 valence electrons. The number of nitrogens with one attached hydrogen (secondary N) is 1. The van der Waals surface area contributed by atoms with Crippen molar-refractivity contribution in [2.24, 2.45) is 5.92 Å². The van der Waals surface area contributed by atoms with Gasteiger partial charge >= 0.3 is 0 Å². The molecule has 5 nitrogen and oxygen atoms in total. The number of nitrogens with zero attached hydrogens (tertiary/aromatic N) is 3. The van der Waals surface area contributed by atoms with Crippen LogP contribution in [0, 0.1) is 5.92 Å². The van der Waals surface area contributed by atoms with Gasteiger partial charge in [-0.1, -0.05) is 95.2 Å². The van der Waals surface area contributed by atoms with Crippen LogP contribution in [0.25, 0.3) is 21.8 Å². The van der Waals surface area contributed by atoms with Crippen LogP contribution in [0.4, 0.5) is 14.6 Å². The number of pyridine rings is 2. The van der Waals surface area contributed by atoms with E-state index in [1.165, 1.54) is 25.9 Å². The van der Waals surface area contributed by atoms with Gasteiger partial charge in [-0.25, -0.2) is 13.8 Å². The van der Waals surface area contributed by atoms with Gasteiger partial charge in [0.15, 0.2) is 0 Å². The van der Waals surface area contributed by atoms with Crippen molar-refractivity contribution < 1.29 is 8.78 Å². The first-order chi connectivity index (χ1) is 22.7. The van der Waals surface area contributed by atoms with E-state index in [2.05, 4.69) is 51.0 Å². The second kappa shape index (κ2) is 23.7. The maximum atomic E-state index is 13.7. The van der Waals surface area contributed by atoms with Crippen LogP contribution in [0.2, 0.25) is 0 Å². The van der Waals surface area contributed by atoms with E-state index in [1.807, 2.05) is 84.2 Å². The van der Waals surface area contributed by atoms with Crippen molar-refractivity contribution in [3.63, 3.8) is 0 Å². The molecule has 2 heterocycles. The summed E-state index contributed by atoms with van der Waals surface area (Å²) in [5.74, 6) is -1.34. The van der Waals surface area contributed by atoms with Gasteiger partial charge in [0.05, 0.1) is 0 Å². The number of rotatable bonds is 8. The third-order valence-corrected chi connectivity index (χ3v) is 8.34. The van der Waals surface area contributed by atoms with E-state index in [-0.39, 0.29) is 30.5 Å². The van der Waals surface area contributed by atoms with Crippen molar-refractivity contribution in [1.82, 2.24) is 14.5 Å². The summed E-state index contributed by atoms with van der Waals surface area (Å²) in [6, 6.07) is 9.78. The fourth-order valence-corrected chi connectivity index (χ4v) is 6.06. The highest BCUT2D eigenvalue weighted by Gasteiger charge is 2.45. The van der Waals surface area contributed by atoms with E-state index >= 15 is 0 Å². The largest absolute Gasteiger partial charge is 0.367 e. The van der Waals surface area contributed by atoms with Crippen LogP contribution in [-0.2, 0) is 6.42 Å². The van der Waals surface area contributed by atoms with Crippen LogP contribution in [0.3, 0.4) is 0 Å². The number of hydrogen-bond donors (Lipinski definition) is 1. The summed E-state index contributed by atoms with van der Waals surface area (Å²) in [4.78, 5) is 20.8. The van der Waals surface area contributed by atoms with Crippen molar-refractivity contribution in [3.8, 4) is 0 Å². The number of benzene rings is 1. The van der Waals surface area contributed by atoms with Crippen LogP contribution < -0.4 is 10.9 Å². The van der Waals surface area contributed by atoms with Crippen LogP contribution >= 0.6 is 0 Å². The minimum Gasteiger partial charge on any atom is -0.367 e. The van der Waals surface area contributed by atoms with Crippen molar-refractivity contribution in [1.29, 1.82) is 0 Å². The zero-order chi connectivity index (χ0) is 36.2. The van der Waals surface area contributed by atoms with Crippen molar-refractivity contribution >= 4 is 27.6 Å². The number of anilines is 1. The van der Waals surface area contributed by atoms with Gasteiger partial charge < -0.3 is 10.2 Å². The van der Waals surface area contributed by atoms with Crippen LogP contribution in [-0.4, -0.2) is 46.6 Å². The Labute approximate surface area is 286 Å². The average Bonchev–Trinajstić information content (AvgIpc) is 3.09. The summed E-state index contributed by atoms with van der Waals surface area (Å²) >= 11 is 0. The monoisotopic (exact) mass is 661 g/mol. The smallest absolute Gasteiger partial charge is 0.260 e. The van der Waals surface area contributed by atoms with Gasteiger partial charge in [0.2, 0.25) is 0 Å². The normalized spacial score (nSPS) is 18.0. The van der Waals surface area contributed by atoms with Gasteiger partial charge in [-0.3, -0.25) is 9.36 Å². The fraction of sp³-hybridized carbons (Fsp3) is 0.700. The molecule has 3 aromatic rings. The molecule has 1 aromatic carbocycles. The summed E-state index contributed by atoms with van der Waals surface area (Å²) < 4.78 is 28.4. The molecule has 0 radical (unpaired) electrons. The van der Waals surface area contributed by atoms with Gasteiger partial charge in [-0.2, -0.15) is 0 Å². The van der Waals surface area contributed by atoms with E-state index < -0.39 is 5.92 Å². The number of hydrogen-bond acceptors (Lipinski definition) is 4. The molecule has 0 atom stereocenters. The highest BCUT2D eigenvalue weighted by atomic mass is 19.3. The first-order valence-corrected chi connectivity index (χ1v) is 19.0. The molecule has 2 saturated carbocycles. The number of fused-ring (bicyclic) bond motifs is 3. The molecule has 47 heavy (non-hydrogen) atoms. The first-order valence-electron chi connectivity index (χ1n) is 19.0. The highest BCUT2D eigenvalue weighted by molar-refractivity contribution is 6.05. The Morgan fingerprint density at radius 2 is 1.36 bits per heavy atom. The zero-order valence-electron chi connectivity index (χ0n) is 32.4. The minimum atomic E-state index is -2.58. The van der Waals surface area contributed by atoms with E-state index in [0.29, 0.717) is 17.4 Å². The average molecular weight is 661 g/mol. The molecular formula is C40H70F2N4O. The summed E-state index contributed by atoms with van der Waals surface area (Å²) in [5.41, 5.74) is 1.82. The second-order valence-corrected chi connectivity index (χ2v) is 11.8. The molecule has 2 aliphatic carbocycles. The van der Waals surface area contributed by atoms with E-state index in [4.69, 9.17) is 4.98 Å². The summed E-state index contributed by atoms with van der Waals surface area (Å²) in [6.07, 6.45) is 7.21. The van der Waals surface area contributed by atoms with Gasteiger partial charge in [0.25, 0.3) is 11.5 Å². The first kappa shape index (κ1) is 44.5. The third kappa shape index (κ3) is 13.1. The highest BCUT2D eigenvalue weighted by Crippen LogP contribution is 2.39. The molecule has 0 aliphatic heterocycles. The van der Waals surface area contributed by atoms with E-state index in [1.54, 1.807) is 0 Å². The summed E-state index contributed by atoms with van der Waals surface area (Å²) in [7, 11) is 2.17. The Balaban J connectivity index is 0.00000113. The van der Waals surface area contributed by atoms with Crippen molar-refractivity contribution in [3.05, 3.63) is 46.2 Å². The molecule has 0 saturated heterocycles. The standard InChI is InChI=1S/C25H29F2N3O.C7H17N.4C2H6/c1-3-16-6-9-19-20-10-11-22(28-17-13-25(26,27)14-17)29-23(20)30(24(31)21(19)12-16)18-7-4-15(2)5-8-18;1-4-6-8(3)7-5-2;4*1-2/h6,9-12,15,17-18H,3-5,7-8,13-14H2,1-2H3,(H,28,29);4-7H2,1-3H3;4*1-2H3. The van der Waals surface area contributed by atoms with Crippen molar-refractivity contribution in [2.45, 2.75) is 159 Å². The SMILES string of the molecule is CC.CC.CC.CC.CCCN(C)CCC.CCc1ccc2c(c1)c(=O)n(C1CCC(C)CC1)c1nc(NC3CC(F)(F)C3)ccc21. The predicted molar refractivity (Wildman–Crippen MR) is 205 cm³/mol. The molecule has 5 rings (SSSR count). The molecule has 7 heteroatoms. The zero-order valence-corrected chi connectivity index (χ0v) is 32.4. The van der Waals surface area contributed by atoms with Gasteiger partial charge in [-0.05, 0) is 100 Å². The van der Waals surface area contributed by atoms with E-state index in [9.17, 15) is 13.6 Å². The Kier molecular flexibility index (Phi) is 22.4. The number of aryl methyl sites for hydroxylation is 1. The predicted octanol–water partition coefficient (Wildman–Crippen LogP) is 11.9.